The van der Waals surface area contributed by atoms with Crippen LogP contribution in [-0.4, -0.2) is 37.2 Å². The molecule has 0 fully saturated rings. The average Bonchev–Trinajstić information content (AvgIpc) is 2.96. The molecule has 0 atom stereocenters. The second-order valence-corrected chi connectivity index (χ2v) is 5.16. The molecule has 8 nitrogen and oxygen atoms in total. The largest absolute Gasteiger partial charge is 0.506 e. The van der Waals surface area contributed by atoms with Crippen molar-refractivity contribution in [1.29, 1.82) is 0 Å². The molecule has 0 saturated carbocycles. The van der Waals surface area contributed by atoms with E-state index in [4.69, 9.17) is 9.47 Å². The van der Waals surface area contributed by atoms with Gasteiger partial charge in [0.15, 0.2) is 0 Å². The number of ether oxygens (including phenoxy) is 2. The van der Waals surface area contributed by atoms with Crippen molar-refractivity contribution in [3.63, 3.8) is 0 Å². The molecule has 124 valence electrons. The first-order valence-electron chi connectivity index (χ1n) is 7.26. The topological polar surface area (TPSA) is 95.2 Å². The van der Waals surface area contributed by atoms with Crippen molar-refractivity contribution in [2.75, 3.05) is 7.11 Å². The molecule has 0 radical (unpaired) electrons. The van der Waals surface area contributed by atoms with E-state index in [1.807, 2.05) is 0 Å². The van der Waals surface area contributed by atoms with Gasteiger partial charge in [0.2, 0.25) is 0 Å². The number of aromatic hydroxyl groups is 1. The fraction of sp³-hybridized carbons (Fsp3) is 0.250. The van der Waals surface area contributed by atoms with E-state index in [0.29, 0.717) is 28.6 Å². The highest BCUT2D eigenvalue weighted by atomic mass is 16.5. The predicted octanol–water partition coefficient (Wildman–Crippen LogP) is 1.87. The van der Waals surface area contributed by atoms with Gasteiger partial charge in [-0.05, 0) is 19.1 Å². The molecule has 0 aromatic carbocycles. The van der Waals surface area contributed by atoms with Gasteiger partial charge >= 0.3 is 0 Å². The van der Waals surface area contributed by atoms with Crippen LogP contribution in [0, 0.1) is 6.92 Å². The van der Waals surface area contributed by atoms with E-state index in [0.717, 1.165) is 5.69 Å². The zero-order valence-electron chi connectivity index (χ0n) is 13.6. The Hall–Kier alpha value is -3.16. The molecule has 0 amide bonds. The van der Waals surface area contributed by atoms with Crippen LogP contribution in [0.1, 0.15) is 11.4 Å². The molecule has 0 spiro atoms. The van der Waals surface area contributed by atoms with Crippen LogP contribution < -0.4 is 9.47 Å². The summed E-state index contributed by atoms with van der Waals surface area (Å²) in [5, 5.41) is 17.8. The summed E-state index contributed by atoms with van der Waals surface area (Å²) in [5.41, 5.74) is 2.52. The van der Waals surface area contributed by atoms with E-state index in [9.17, 15) is 5.11 Å². The third kappa shape index (κ3) is 3.12. The molecule has 1 N–H and O–H groups in total. The van der Waals surface area contributed by atoms with Gasteiger partial charge in [-0.15, -0.1) is 5.10 Å². The highest BCUT2D eigenvalue weighted by molar-refractivity contribution is 5.58. The lowest BCUT2D eigenvalue weighted by Crippen LogP contribution is -2.05. The summed E-state index contributed by atoms with van der Waals surface area (Å²) in [6, 6.07) is 5.03. The van der Waals surface area contributed by atoms with Crippen molar-refractivity contribution in [3.8, 4) is 28.6 Å². The Morgan fingerprint density at radius 3 is 2.75 bits per heavy atom. The number of hydrogen-bond donors (Lipinski definition) is 1. The number of rotatable bonds is 5. The quantitative estimate of drug-likeness (QED) is 0.764. The molecule has 0 aliphatic carbocycles. The third-order valence-electron chi connectivity index (χ3n) is 3.54. The first-order valence-corrected chi connectivity index (χ1v) is 7.26. The van der Waals surface area contributed by atoms with Crippen molar-refractivity contribution < 1.29 is 14.6 Å². The van der Waals surface area contributed by atoms with Gasteiger partial charge in [0.05, 0.1) is 30.9 Å². The zero-order valence-corrected chi connectivity index (χ0v) is 13.6. The molecule has 8 heteroatoms. The summed E-state index contributed by atoms with van der Waals surface area (Å²) < 4.78 is 12.5. The molecule has 3 aromatic rings. The lowest BCUT2D eigenvalue weighted by Gasteiger charge is -2.09. The van der Waals surface area contributed by atoms with E-state index in [1.54, 1.807) is 56.4 Å². The van der Waals surface area contributed by atoms with Crippen molar-refractivity contribution >= 4 is 0 Å². The Morgan fingerprint density at radius 1 is 1.21 bits per heavy atom. The molecule has 3 heterocycles. The predicted molar refractivity (Wildman–Crippen MR) is 85.8 cm³/mol. The normalized spacial score (nSPS) is 10.6. The highest BCUT2D eigenvalue weighted by Gasteiger charge is 2.16. The van der Waals surface area contributed by atoms with Crippen molar-refractivity contribution in [1.82, 2.24) is 25.0 Å². The number of aryl methyl sites for hydroxylation is 2. The van der Waals surface area contributed by atoms with Crippen LogP contribution in [0.25, 0.3) is 11.4 Å². The summed E-state index contributed by atoms with van der Waals surface area (Å²) in [5.74, 6) is 1.34. The number of aromatic nitrogens is 5. The van der Waals surface area contributed by atoms with Gasteiger partial charge in [-0.1, -0.05) is 5.21 Å². The molecular weight excluding hydrogens is 310 g/mol. The van der Waals surface area contributed by atoms with Crippen LogP contribution in [0.3, 0.4) is 0 Å². The lowest BCUT2D eigenvalue weighted by atomic mass is 10.2. The average molecular weight is 327 g/mol. The first-order chi connectivity index (χ1) is 11.6. The molecule has 3 rings (SSSR count). The van der Waals surface area contributed by atoms with Gasteiger partial charge in [0.1, 0.15) is 35.2 Å². The minimum atomic E-state index is 0.142. The number of hydrogen-bond acceptors (Lipinski definition) is 7. The minimum absolute atomic E-state index is 0.142. The maximum absolute atomic E-state index is 9.62. The Labute approximate surface area is 138 Å². The summed E-state index contributed by atoms with van der Waals surface area (Å²) in [7, 11) is 3.36. The molecular formula is C16H17N5O3. The van der Waals surface area contributed by atoms with E-state index in [-0.39, 0.29) is 12.4 Å². The Morgan fingerprint density at radius 2 is 2.00 bits per heavy atom. The fourth-order valence-electron chi connectivity index (χ4n) is 2.16. The maximum atomic E-state index is 9.62. The Bertz CT molecular complexity index is 863. The molecule has 0 aliphatic rings. The van der Waals surface area contributed by atoms with Crippen LogP contribution in [0.15, 0.2) is 30.6 Å². The van der Waals surface area contributed by atoms with Crippen LogP contribution in [0.4, 0.5) is 0 Å². The van der Waals surface area contributed by atoms with Gasteiger partial charge in [-0.2, -0.15) is 0 Å². The van der Waals surface area contributed by atoms with Crippen LogP contribution in [0.5, 0.6) is 17.2 Å². The van der Waals surface area contributed by atoms with Crippen molar-refractivity contribution in [2.24, 2.45) is 7.05 Å². The first kappa shape index (κ1) is 15.7. The Kier molecular flexibility index (Phi) is 4.28. The fourth-order valence-corrected chi connectivity index (χ4v) is 2.16. The second-order valence-electron chi connectivity index (χ2n) is 5.16. The number of nitrogens with zero attached hydrogens (tertiary/aromatic N) is 5. The molecule has 0 bridgehead atoms. The Balaban J connectivity index is 1.86. The summed E-state index contributed by atoms with van der Waals surface area (Å²) in [6.45, 7) is 1.97. The summed E-state index contributed by atoms with van der Waals surface area (Å²) in [4.78, 5) is 8.40. The maximum Gasteiger partial charge on any atom is 0.141 e. The summed E-state index contributed by atoms with van der Waals surface area (Å²) in [6.07, 6.45) is 3.21. The summed E-state index contributed by atoms with van der Waals surface area (Å²) >= 11 is 0. The standard InChI is InChI=1S/C16H17N5O3/c1-10-15(22)5-4-13(18-10)16-14(21(2)20-19-16)9-24-12-6-11(23-3)7-17-8-12/h4-8,22H,9H2,1-3H3. The highest BCUT2D eigenvalue weighted by Crippen LogP contribution is 2.24. The van der Waals surface area contributed by atoms with Gasteiger partial charge in [0, 0.05) is 13.1 Å². The van der Waals surface area contributed by atoms with Crippen molar-refractivity contribution in [2.45, 2.75) is 13.5 Å². The van der Waals surface area contributed by atoms with Gasteiger partial charge in [0.25, 0.3) is 0 Å². The van der Waals surface area contributed by atoms with Crippen LogP contribution in [-0.2, 0) is 13.7 Å². The monoisotopic (exact) mass is 327 g/mol. The molecule has 0 unspecified atom stereocenters. The molecule has 24 heavy (non-hydrogen) atoms. The van der Waals surface area contributed by atoms with Gasteiger partial charge < -0.3 is 14.6 Å². The van der Waals surface area contributed by atoms with E-state index in [2.05, 4.69) is 20.3 Å². The molecule has 3 aromatic heterocycles. The van der Waals surface area contributed by atoms with E-state index in [1.165, 1.54) is 0 Å². The zero-order chi connectivity index (χ0) is 17.1. The van der Waals surface area contributed by atoms with Gasteiger partial charge in [-0.25, -0.2) is 9.67 Å². The van der Waals surface area contributed by atoms with E-state index < -0.39 is 0 Å². The van der Waals surface area contributed by atoms with Crippen LogP contribution >= 0.6 is 0 Å². The van der Waals surface area contributed by atoms with Gasteiger partial charge in [-0.3, -0.25) is 4.98 Å². The lowest BCUT2D eigenvalue weighted by molar-refractivity contribution is 0.291. The molecule has 0 saturated heterocycles. The SMILES string of the molecule is COc1cncc(OCc2c(-c3ccc(O)c(C)n3)nnn2C)c1. The smallest absolute Gasteiger partial charge is 0.141 e. The third-order valence-corrected chi connectivity index (χ3v) is 3.54. The number of methoxy groups -OCH3 is 1. The van der Waals surface area contributed by atoms with E-state index >= 15 is 0 Å². The molecule has 0 aliphatic heterocycles. The van der Waals surface area contributed by atoms with Crippen LogP contribution in [0.2, 0.25) is 0 Å². The number of pyridine rings is 2. The minimum Gasteiger partial charge on any atom is -0.506 e. The second kappa shape index (κ2) is 6.53. The van der Waals surface area contributed by atoms with Crippen molar-refractivity contribution in [3.05, 3.63) is 42.0 Å².